The van der Waals surface area contributed by atoms with Crippen LogP contribution >= 0.6 is 0 Å². The summed E-state index contributed by atoms with van der Waals surface area (Å²) in [6.45, 7) is 3.12. The van der Waals surface area contributed by atoms with Crippen LogP contribution in [-0.2, 0) is 21.4 Å². The lowest BCUT2D eigenvalue weighted by atomic mass is 10.0. The largest absolute Gasteiger partial charge is 0.310 e. The predicted octanol–water partition coefficient (Wildman–Crippen LogP) is 1.55. The summed E-state index contributed by atoms with van der Waals surface area (Å²) in [4.78, 5) is 12.1. The minimum absolute atomic E-state index is 0.166. The molecule has 3 rings (SSSR count). The van der Waals surface area contributed by atoms with Crippen LogP contribution in [0.25, 0.3) is 0 Å². The van der Waals surface area contributed by atoms with Gasteiger partial charge in [0.2, 0.25) is 5.91 Å². The van der Waals surface area contributed by atoms with Gasteiger partial charge in [0.1, 0.15) is 0 Å². The summed E-state index contributed by atoms with van der Waals surface area (Å²) < 4.78 is 27.8. The molecule has 1 aromatic carbocycles. The summed E-state index contributed by atoms with van der Waals surface area (Å²) in [7, 11) is -3.73. The Morgan fingerprint density at radius 2 is 1.80 bits per heavy atom. The topological polar surface area (TPSA) is 57.7 Å². The Kier molecular flexibility index (Phi) is 3.30. The first-order valence-electron chi connectivity index (χ1n) is 6.91. The second-order valence-electron chi connectivity index (χ2n) is 5.55. The van der Waals surface area contributed by atoms with E-state index in [2.05, 4.69) is 6.92 Å². The highest BCUT2D eigenvalue weighted by molar-refractivity contribution is 7.91. The van der Waals surface area contributed by atoms with Crippen molar-refractivity contribution in [2.75, 3.05) is 17.4 Å². The summed E-state index contributed by atoms with van der Waals surface area (Å²) in [5.41, 5.74) is 1.29. The molecule has 1 saturated heterocycles. The van der Waals surface area contributed by atoms with Gasteiger partial charge in [-0.25, -0.2) is 0 Å². The molecule has 0 atom stereocenters. The minimum atomic E-state index is -3.73. The van der Waals surface area contributed by atoms with Crippen LogP contribution < -0.4 is 4.31 Å². The summed E-state index contributed by atoms with van der Waals surface area (Å²) >= 11 is 0. The van der Waals surface area contributed by atoms with E-state index < -0.39 is 10.2 Å². The average Bonchev–Trinajstić information content (AvgIpc) is 2.75. The molecule has 0 aromatic heterocycles. The van der Waals surface area contributed by atoms with Crippen molar-refractivity contribution in [1.29, 1.82) is 0 Å². The Hall–Kier alpha value is -1.40. The first-order chi connectivity index (χ1) is 9.50. The molecule has 20 heavy (non-hydrogen) atoms. The van der Waals surface area contributed by atoms with E-state index in [1.54, 1.807) is 18.2 Å². The van der Waals surface area contributed by atoms with E-state index in [0.717, 1.165) is 22.7 Å². The fourth-order valence-electron chi connectivity index (χ4n) is 2.81. The number of carbonyl (C=O) groups excluding carboxylic acids is 1. The van der Waals surface area contributed by atoms with Gasteiger partial charge in [0, 0.05) is 13.1 Å². The number of amides is 1. The third-order valence-electron chi connectivity index (χ3n) is 4.08. The molecular weight excluding hydrogens is 276 g/mol. The first kappa shape index (κ1) is 13.6. The molecule has 0 aliphatic carbocycles. The molecule has 2 heterocycles. The number of carbonyl (C=O) groups is 1. The number of nitrogens with zero attached hydrogens (tertiary/aromatic N) is 2. The molecule has 1 amide bonds. The SMILES string of the molecule is CC1CCN(S(=O)(=O)N2C(=O)Cc3ccccc32)CC1. The number of piperidine rings is 1. The molecule has 0 unspecified atom stereocenters. The van der Waals surface area contributed by atoms with Gasteiger partial charge in [-0.15, -0.1) is 0 Å². The molecule has 0 bridgehead atoms. The van der Waals surface area contributed by atoms with E-state index >= 15 is 0 Å². The third kappa shape index (κ3) is 2.13. The van der Waals surface area contributed by atoms with Crippen LogP contribution in [-0.4, -0.2) is 31.7 Å². The molecule has 1 fully saturated rings. The van der Waals surface area contributed by atoms with E-state index in [-0.39, 0.29) is 12.3 Å². The van der Waals surface area contributed by atoms with Gasteiger partial charge in [-0.05, 0) is 30.4 Å². The maximum Gasteiger partial charge on any atom is 0.310 e. The van der Waals surface area contributed by atoms with Crippen LogP contribution in [0.1, 0.15) is 25.3 Å². The highest BCUT2D eigenvalue weighted by Gasteiger charge is 2.40. The quantitative estimate of drug-likeness (QED) is 0.831. The van der Waals surface area contributed by atoms with Crippen molar-refractivity contribution in [3.05, 3.63) is 29.8 Å². The van der Waals surface area contributed by atoms with Crippen molar-refractivity contribution >= 4 is 21.8 Å². The first-order valence-corrected chi connectivity index (χ1v) is 8.31. The van der Waals surface area contributed by atoms with Crippen LogP contribution in [0.3, 0.4) is 0 Å². The zero-order valence-corrected chi connectivity index (χ0v) is 12.3. The van der Waals surface area contributed by atoms with Crippen molar-refractivity contribution in [2.45, 2.75) is 26.2 Å². The Labute approximate surface area is 119 Å². The summed E-state index contributed by atoms with van der Waals surface area (Å²) in [6.07, 6.45) is 1.87. The van der Waals surface area contributed by atoms with Crippen LogP contribution in [0.4, 0.5) is 5.69 Å². The standard InChI is InChI=1S/C14H18N2O3S/c1-11-6-8-15(9-7-11)20(18,19)16-13-5-3-2-4-12(13)10-14(16)17/h2-5,11H,6-10H2,1H3. The van der Waals surface area contributed by atoms with Crippen molar-refractivity contribution in [3.8, 4) is 0 Å². The highest BCUT2D eigenvalue weighted by Crippen LogP contribution is 2.33. The normalized spacial score (nSPS) is 21.2. The van der Waals surface area contributed by atoms with E-state index in [1.807, 2.05) is 6.07 Å². The van der Waals surface area contributed by atoms with Gasteiger partial charge in [0.25, 0.3) is 0 Å². The zero-order valence-electron chi connectivity index (χ0n) is 11.4. The Morgan fingerprint density at radius 3 is 2.50 bits per heavy atom. The van der Waals surface area contributed by atoms with Crippen LogP contribution in [0, 0.1) is 5.92 Å². The Bertz CT molecular complexity index is 634. The van der Waals surface area contributed by atoms with Crippen molar-refractivity contribution in [3.63, 3.8) is 0 Å². The lowest BCUT2D eigenvalue weighted by Gasteiger charge is -2.32. The van der Waals surface area contributed by atoms with Crippen LogP contribution in [0.5, 0.6) is 0 Å². The molecule has 108 valence electrons. The van der Waals surface area contributed by atoms with Crippen molar-refractivity contribution in [1.82, 2.24) is 4.31 Å². The maximum absolute atomic E-state index is 12.7. The number of anilines is 1. The summed E-state index contributed by atoms with van der Waals surface area (Å²) in [5.74, 6) is 0.188. The molecule has 1 aromatic rings. The van der Waals surface area contributed by atoms with Crippen LogP contribution in [0.15, 0.2) is 24.3 Å². The lowest BCUT2D eigenvalue weighted by molar-refractivity contribution is -0.116. The molecule has 0 saturated carbocycles. The van der Waals surface area contributed by atoms with Crippen molar-refractivity contribution in [2.24, 2.45) is 5.92 Å². The number of benzene rings is 1. The van der Waals surface area contributed by atoms with Gasteiger partial charge in [-0.3, -0.25) is 4.79 Å². The Morgan fingerprint density at radius 1 is 1.15 bits per heavy atom. The van der Waals surface area contributed by atoms with Gasteiger partial charge in [-0.2, -0.15) is 17.0 Å². The monoisotopic (exact) mass is 294 g/mol. The third-order valence-corrected chi connectivity index (χ3v) is 5.96. The number of fused-ring (bicyclic) bond motifs is 1. The number of hydrogen-bond acceptors (Lipinski definition) is 3. The fraction of sp³-hybridized carbons (Fsp3) is 0.500. The lowest BCUT2D eigenvalue weighted by Crippen LogP contribution is -2.48. The number of rotatable bonds is 2. The zero-order chi connectivity index (χ0) is 14.3. The smallest absolute Gasteiger partial charge is 0.273 e. The van der Waals surface area contributed by atoms with E-state index in [9.17, 15) is 13.2 Å². The fourth-order valence-corrected chi connectivity index (χ4v) is 4.46. The number of hydrogen-bond donors (Lipinski definition) is 0. The molecule has 6 heteroatoms. The Balaban J connectivity index is 1.94. The highest BCUT2D eigenvalue weighted by atomic mass is 32.2. The molecule has 2 aliphatic rings. The van der Waals surface area contributed by atoms with Crippen LogP contribution in [0.2, 0.25) is 0 Å². The maximum atomic E-state index is 12.7. The molecular formula is C14H18N2O3S. The van der Waals surface area contributed by atoms with E-state index in [4.69, 9.17) is 0 Å². The predicted molar refractivity (Wildman–Crippen MR) is 76.5 cm³/mol. The van der Waals surface area contributed by atoms with Crippen molar-refractivity contribution < 1.29 is 13.2 Å². The molecule has 0 radical (unpaired) electrons. The van der Waals surface area contributed by atoms with Gasteiger partial charge in [0.15, 0.2) is 0 Å². The number of para-hydroxylation sites is 1. The summed E-state index contributed by atoms with van der Waals surface area (Å²) in [5, 5.41) is 0. The molecule has 5 nitrogen and oxygen atoms in total. The second kappa shape index (κ2) is 4.86. The van der Waals surface area contributed by atoms with Gasteiger partial charge in [0.05, 0.1) is 12.1 Å². The van der Waals surface area contributed by atoms with Gasteiger partial charge < -0.3 is 0 Å². The molecule has 2 aliphatic heterocycles. The van der Waals surface area contributed by atoms with Gasteiger partial charge >= 0.3 is 10.2 Å². The van der Waals surface area contributed by atoms with E-state index in [1.165, 1.54) is 4.31 Å². The molecule has 0 N–H and O–H groups in total. The minimum Gasteiger partial charge on any atom is -0.273 e. The summed E-state index contributed by atoms with van der Waals surface area (Å²) in [6, 6.07) is 7.09. The van der Waals surface area contributed by atoms with Gasteiger partial charge in [-0.1, -0.05) is 25.1 Å². The second-order valence-corrected chi connectivity index (χ2v) is 7.33. The average molecular weight is 294 g/mol. The molecule has 0 spiro atoms. The van der Waals surface area contributed by atoms with E-state index in [0.29, 0.717) is 24.7 Å².